The van der Waals surface area contributed by atoms with Gasteiger partial charge >= 0.3 is 0 Å². The average molecular weight is 423 g/mol. The second kappa shape index (κ2) is 9.55. The van der Waals surface area contributed by atoms with Gasteiger partial charge < -0.3 is 23.8 Å². The summed E-state index contributed by atoms with van der Waals surface area (Å²) < 4.78 is 34.6. The normalized spacial score (nSPS) is 16.1. The third kappa shape index (κ3) is 5.06. The minimum Gasteiger partial charge on any atom is -0.760 e. The minimum absolute atomic E-state index is 0.485. The van der Waals surface area contributed by atoms with E-state index in [1.807, 2.05) is 31.1 Å². The van der Waals surface area contributed by atoms with Gasteiger partial charge in [0.2, 0.25) is 5.95 Å². The summed E-state index contributed by atoms with van der Waals surface area (Å²) >= 11 is -2.19. The molecular formula is C19H28N5O4S-. The first-order valence-corrected chi connectivity index (χ1v) is 10.7. The number of nitrogens with one attached hydrogen (secondary N) is 1. The van der Waals surface area contributed by atoms with Crippen molar-refractivity contribution in [1.29, 1.82) is 0 Å². The molecule has 1 fully saturated rings. The fourth-order valence-corrected chi connectivity index (χ4v) is 3.93. The highest BCUT2D eigenvalue weighted by Gasteiger charge is 2.23. The molecule has 1 atom stereocenters. The fraction of sp³-hybridized carbons (Fsp3) is 0.579. The number of hydrogen-bond donors (Lipinski definition) is 1. The van der Waals surface area contributed by atoms with Crippen LogP contribution in [0.25, 0.3) is 10.9 Å². The van der Waals surface area contributed by atoms with E-state index in [0.717, 1.165) is 49.1 Å². The molecule has 3 rings (SSSR count). The van der Waals surface area contributed by atoms with Crippen LogP contribution in [-0.4, -0.2) is 66.7 Å². The van der Waals surface area contributed by atoms with Crippen LogP contribution in [0, 0.1) is 5.92 Å². The lowest BCUT2D eigenvalue weighted by Crippen LogP contribution is -2.35. The molecule has 1 unspecified atom stereocenters. The van der Waals surface area contributed by atoms with Crippen LogP contribution in [0.1, 0.15) is 19.3 Å². The van der Waals surface area contributed by atoms with Gasteiger partial charge in [0, 0.05) is 56.4 Å². The predicted octanol–water partition coefficient (Wildman–Crippen LogP) is 1.70. The van der Waals surface area contributed by atoms with Crippen LogP contribution in [0.2, 0.25) is 0 Å². The van der Waals surface area contributed by atoms with Crippen molar-refractivity contribution in [2.45, 2.75) is 19.3 Å². The zero-order valence-electron chi connectivity index (χ0n) is 17.3. The van der Waals surface area contributed by atoms with Crippen LogP contribution < -0.4 is 24.0 Å². The Morgan fingerprint density at radius 3 is 2.45 bits per heavy atom. The fourth-order valence-electron chi connectivity index (χ4n) is 3.65. The number of rotatable bonds is 8. The smallest absolute Gasteiger partial charge is 0.227 e. The molecule has 2 aromatic rings. The van der Waals surface area contributed by atoms with Gasteiger partial charge in [0.15, 0.2) is 11.5 Å². The molecule has 29 heavy (non-hydrogen) atoms. The zero-order chi connectivity index (χ0) is 21.0. The summed E-state index contributed by atoms with van der Waals surface area (Å²) in [6.07, 6.45) is 2.83. The van der Waals surface area contributed by atoms with E-state index in [9.17, 15) is 8.76 Å². The summed E-state index contributed by atoms with van der Waals surface area (Å²) in [6.45, 7) is 2.20. The van der Waals surface area contributed by atoms with Crippen LogP contribution in [0.15, 0.2) is 12.1 Å². The van der Waals surface area contributed by atoms with E-state index in [1.165, 1.54) is 0 Å². The molecule has 1 aliphatic heterocycles. The lowest BCUT2D eigenvalue weighted by molar-refractivity contribution is 0.355. The van der Waals surface area contributed by atoms with Gasteiger partial charge in [-0.05, 0) is 31.2 Å². The van der Waals surface area contributed by atoms with Gasteiger partial charge in [-0.15, -0.1) is 0 Å². The standard InChI is InChI=1S/C19H29N5O4S/c1-23(2)19-21-15-12-17(28-4)16(27-3)11-14(15)18(22-19)24-9-6-13(7-10-24)5-8-20-29(25)26/h11-13,20H,5-10H2,1-4H3,(H,25,26)/p-1. The van der Waals surface area contributed by atoms with Crippen molar-refractivity contribution < 1.29 is 18.2 Å². The monoisotopic (exact) mass is 422 g/mol. The highest BCUT2D eigenvalue weighted by atomic mass is 32.2. The lowest BCUT2D eigenvalue weighted by atomic mass is 9.93. The topological polar surface area (TPSA) is 103 Å². The highest BCUT2D eigenvalue weighted by Crippen LogP contribution is 2.37. The van der Waals surface area contributed by atoms with Crippen molar-refractivity contribution in [2.75, 3.05) is 57.7 Å². The number of aromatic nitrogens is 2. The van der Waals surface area contributed by atoms with E-state index in [0.29, 0.717) is 29.9 Å². The van der Waals surface area contributed by atoms with E-state index in [-0.39, 0.29) is 0 Å². The summed E-state index contributed by atoms with van der Waals surface area (Å²) in [4.78, 5) is 13.7. The first-order valence-electron chi connectivity index (χ1n) is 9.61. The molecule has 10 heteroatoms. The molecule has 2 heterocycles. The molecule has 0 radical (unpaired) electrons. The predicted molar refractivity (Wildman–Crippen MR) is 113 cm³/mol. The molecular weight excluding hydrogens is 394 g/mol. The molecule has 1 N–H and O–H groups in total. The Balaban J connectivity index is 1.87. The number of ether oxygens (including phenoxy) is 2. The van der Waals surface area contributed by atoms with Crippen molar-refractivity contribution in [3.8, 4) is 11.5 Å². The maximum Gasteiger partial charge on any atom is 0.227 e. The molecule has 0 aliphatic carbocycles. The van der Waals surface area contributed by atoms with E-state index >= 15 is 0 Å². The van der Waals surface area contributed by atoms with Crippen molar-refractivity contribution in [1.82, 2.24) is 14.7 Å². The molecule has 1 aromatic carbocycles. The Morgan fingerprint density at radius 1 is 1.21 bits per heavy atom. The first kappa shape index (κ1) is 21.5. The molecule has 1 aromatic heterocycles. The van der Waals surface area contributed by atoms with Crippen LogP contribution in [0.3, 0.4) is 0 Å². The molecule has 9 nitrogen and oxygen atoms in total. The maximum atomic E-state index is 10.6. The zero-order valence-corrected chi connectivity index (χ0v) is 18.1. The van der Waals surface area contributed by atoms with Crippen LogP contribution in [-0.2, 0) is 11.3 Å². The van der Waals surface area contributed by atoms with Crippen molar-refractivity contribution in [2.24, 2.45) is 5.92 Å². The third-order valence-corrected chi connectivity index (χ3v) is 5.70. The Kier molecular flexibility index (Phi) is 7.09. The molecule has 0 saturated carbocycles. The summed E-state index contributed by atoms with van der Waals surface area (Å²) in [7, 11) is 7.07. The van der Waals surface area contributed by atoms with Gasteiger partial charge in [-0.1, -0.05) is 0 Å². The number of nitrogens with zero attached hydrogens (tertiary/aromatic N) is 4. The van der Waals surface area contributed by atoms with Gasteiger partial charge in [0.05, 0.1) is 19.7 Å². The van der Waals surface area contributed by atoms with Crippen molar-refractivity contribution in [3.05, 3.63) is 12.1 Å². The number of hydrogen-bond acceptors (Lipinski definition) is 8. The van der Waals surface area contributed by atoms with Crippen LogP contribution in [0.5, 0.6) is 11.5 Å². The number of fused-ring (bicyclic) bond motifs is 1. The quantitative estimate of drug-likeness (QED) is 0.641. The van der Waals surface area contributed by atoms with E-state index in [2.05, 4.69) is 14.6 Å². The number of piperidine rings is 1. The van der Waals surface area contributed by atoms with Crippen LogP contribution >= 0.6 is 0 Å². The Bertz CT molecular complexity index is 871. The Labute approximate surface area is 173 Å². The first-order chi connectivity index (χ1) is 13.9. The molecule has 0 amide bonds. The van der Waals surface area contributed by atoms with E-state index in [4.69, 9.17) is 14.5 Å². The SMILES string of the molecule is COc1cc2nc(N(C)C)nc(N3CCC(CCNS(=O)[O-])CC3)c2cc1OC. The molecule has 1 aliphatic rings. The molecule has 1 saturated heterocycles. The Hall–Kier alpha value is -2.17. The third-order valence-electron chi connectivity index (χ3n) is 5.26. The molecule has 0 spiro atoms. The largest absolute Gasteiger partial charge is 0.760 e. The van der Waals surface area contributed by atoms with Gasteiger partial charge in [0.25, 0.3) is 0 Å². The van der Waals surface area contributed by atoms with Gasteiger partial charge in [-0.25, -0.2) is 9.71 Å². The average Bonchev–Trinajstić information content (AvgIpc) is 2.72. The van der Waals surface area contributed by atoms with Crippen molar-refractivity contribution in [3.63, 3.8) is 0 Å². The summed E-state index contributed by atoms with van der Waals surface area (Å²) in [5.74, 6) is 3.31. The van der Waals surface area contributed by atoms with Crippen LogP contribution in [0.4, 0.5) is 11.8 Å². The summed E-state index contributed by atoms with van der Waals surface area (Å²) in [5, 5.41) is 0.926. The second-order valence-electron chi connectivity index (χ2n) is 7.31. The maximum absolute atomic E-state index is 10.6. The summed E-state index contributed by atoms with van der Waals surface area (Å²) in [5.41, 5.74) is 0.806. The van der Waals surface area contributed by atoms with Gasteiger partial charge in [-0.3, -0.25) is 4.21 Å². The van der Waals surface area contributed by atoms with Gasteiger partial charge in [-0.2, -0.15) is 4.98 Å². The van der Waals surface area contributed by atoms with E-state index in [1.54, 1.807) is 14.2 Å². The number of anilines is 2. The lowest BCUT2D eigenvalue weighted by Gasteiger charge is -2.34. The van der Waals surface area contributed by atoms with Gasteiger partial charge in [0.1, 0.15) is 5.82 Å². The highest BCUT2D eigenvalue weighted by molar-refractivity contribution is 7.77. The summed E-state index contributed by atoms with van der Waals surface area (Å²) in [6, 6.07) is 3.82. The van der Waals surface area contributed by atoms with Crippen molar-refractivity contribution >= 4 is 33.9 Å². The van der Waals surface area contributed by atoms with E-state index < -0.39 is 11.3 Å². The number of methoxy groups -OCH3 is 2. The second-order valence-corrected chi connectivity index (χ2v) is 8.07. The molecule has 160 valence electrons. The minimum atomic E-state index is -2.19. The Morgan fingerprint density at radius 2 is 1.86 bits per heavy atom. The molecule has 0 bridgehead atoms. The number of benzene rings is 1.